The minimum absolute atomic E-state index is 0.605. The first-order chi connectivity index (χ1) is 3.77. The third kappa shape index (κ3) is 5.08. The number of aliphatic hydroxyl groups excluding tert-OH is 1. The zero-order valence-electron chi connectivity index (χ0n) is 4.67. The van der Waals surface area contributed by atoms with Gasteiger partial charge in [-0.25, -0.2) is 0 Å². The van der Waals surface area contributed by atoms with E-state index < -0.39 is 5.95 Å². The topological polar surface area (TPSA) is 40.5 Å². The molecule has 0 saturated carbocycles. The molecule has 2 nitrogen and oxygen atoms in total. The molecule has 2 heteroatoms. The van der Waals surface area contributed by atoms with Crippen LogP contribution in [0.3, 0.4) is 0 Å². The molecule has 0 unspecified atom stereocenters. The van der Waals surface area contributed by atoms with Gasteiger partial charge in [0, 0.05) is 0 Å². The van der Waals surface area contributed by atoms with Gasteiger partial charge in [-0.3, -0.25) is 0 Å². The second kappa shape index (κ2) is 4.24. The van der Waals surface area contributed by atoms with E-state index in [1.807, 2.05) is 0 Å². The molecule has 0 aliphatic rings. The molecule has 0 spiro atoms. The van der Waals surface area contributed by atoms with Gasteiger partial charge in [-0.15, -0.1) is 6.58 Å². The summed E-state index contributed by atoms with van der Waals surface area (Å²) in [5.41, 5.74) is 0. The summed E-state index contributed by atoms with van der Waals surface area (Å²) in [6.45, 7) is 3.47. The van der Waals surface area contributed by atoms with Crippen molar-refractivity contribution in [2.24, 2.45) is 0 Å². The Bertz CT molecular complexity index is 90.7. The molecule has 8 heavy (non-hydrogen) atoms. The molecule has 0 saturated heterocycles. The van der Waals surface area contributed by atoms with Gasteiger partial charge >= 0.3 is 0 Å². The Labute approximate surface area is 48.8 Å². The van der Waals surface area contributed by atoms with Crippen LogP contribution in [-0.4, -0.2) is 10.2 Å². The Morgan fingerprint density at radius 3 is 2.38 bits per heavy atom. The van der Waals surface area contributed by atoms with Crippen molar-refractivity contribution >= 4 is 0 Å². The molecular formula is C6H10O2. The van der Waals surface area contributed by atoms with Gasteiger partial charge < -0.3 is 10.2 Å². The van der Waals surface area contributed by atoms with Crippen molar-refractivity contribution in [3.8, 4) is 0 Å². The van der Waals surface area contributed by atoms with Gasteiger partial charge in [0.1, 0.15) is 0 Å². The number of rotatable bonds is 3. The largest absolute Gasteiger partial charge is 0.481 e. The molecule has 0 aromatic rings. The summed E-state index contributed by atoms with van der Waals surface area (Å²) in [6.07, 6.45) is 4.48. The number of aliphatic hydroxyl groups is 2. The van der Waals surface area contributed by atoms with E-state index in [0.717, 1.165) is 6.42 Å². The van der Waals surface area contributed by atoms with E-state index in [0.29, 0.717) is 6.42 Å². The lowest BCUT2D eigenvalue weighted by atomic mass is 10.3. The smallest absolute Gasteiger partial charge is 0.269 e. The average Bonchev–Trinajstić information content (AvgIpc) is 1.66. The fraction of sp³-hybridized carbons (Fsp3) is 0.333. The van der Waals surface area contributed by atoms with Gasteiger partial charge in [-0.2, -0.15) is 0 Å². The van der Waals surface area contributed by atoms with Gasteiger partial charge in [0.05, 0.1) is 0 Å². The molecule has 0 aliphatic heterocycles. The van der Waals surface area contributed by atoms with Crippen molar-refractivity contribution in [1.82, 2.24) is 0 Å². The van der Waals surface area contributed by atoms with Crippen molar-refractivity contribution in [1.29, 1.82) is 0 Å². The number of hydrogen-bond donors (Lipinski definition) is 2. The molecule has 0 aromatic heterocycles. The standard InChI is InChI=1S/C6H10O2/c1-2-3-4-5-6(7)8/h2,5,7-8H,1,3-4H2. The van der Waals surface area contributed by atoms with Gasteiger partial charge in [0.25, 0.3) is 5.95 Å². The Morgan fingerprint density at radius 2 is 2.00 bits per heavy atom. The summed E-state index contributed by atoms with van der Waals surface area (Å²) in [5, 5.41) is 16.3. The monoisotopic (exact) mass is 114 g/mol. The maximum Gasteiger partial charge on any atom is 0.269 e. The summed E-state index contributed by atoms with van der Waals surface area (Å²) in [5.74, 6) is -0.605. The summed E-state index contributed by atoms with van der Waals surface area (Å²) >= 11 is 0. The highest BCUT2D eigenvalue weighted by molar-refractivity contribution is 4.82. The molecular weight excluding hydrogens is 104 g/mol. The second-order valence-electron chi connectivity index (χ2n) is 1.43. The maximum atomic E-state index is 8.16. The lowest BCUT2D eigenvalue weighted by molar-refractivity contribution is 0.189. The van der Waals surface area contributed by atoms with E-state index in [1.165, 1.54) is 6.08 Å². The average molecular weight is 114 g/mol. The zero-order valence-corrected chi connectivity index (χ0v) is 4.67. The quantitative estimate of drug-likeness (QED) is 0.334. The van der Waals surface area contributed by atoms with Crippen molar-refractivity contribution in [2.75, 3.05) is 0 Å². The van der Waals surface area contributed by atoms with Crippen molar-refractivity contribution < 1.29 is 10.2 Å². The fourth-order valence-corrected chi connectivity index (χ4v) is 0.330. The third-order valence-electron chi connectivity index (χ3n) is 0.698. The maximum absolute atomic E-state index is 8.16. The van der Waals surface area contributed by atoms with E-state index >= 15 is 0 Å². The molecule has 0 rings (SSSR count). The molecule has 0 atom stereocenters. The van der Waals surface area contributed by atoms with Crippen LogP contribution >= 0.6 is 0 Å². The lowest BCUT2D eigenvalue weighted by Crippen LogP contribution is -1.74. The van der Waals surface area contributed by atoms with Crippen LogP contribution in [0.2, 0.25) is 0 Å². The SMILES string of the molecule is C=CCCC=C(O)O. The fourth-order valence-electron chi connectivity index (χ4n) is 0.330. The van der Waals surface area contributed by atoms with E-state index in [-0.39, 0.29) is 0 Å². The van der Waals surface area contributed by atoms with Crippen LogP contribution in [0.4, 0.5) is 0 Å². The number of hydrogen-bond acceptors (Lipinski definition) is 2. The summed E-state index contributed by atoms with van der Waals surface area (Å²) in [7, 11) is 0. The van der Waals surface area contributed by atoms with Crippen LogP contribution in [0.15, 0.2) is 24.7 Å². The predicted octanol–water partition coefficient (Wildman–Crippen LogP) is 1.91. The number of allylic oxidation sites excluding steroid dienone is 2. The molecule has 0 aromatic carbocycles. The Hall–Kier alpha value is -0.920. The van der Waals surface area contributed by atoms with Crippen LogP contribution in [0.25, 0.3) is 0 Å². The normalized spacial score (nSPS) is 8.00. The molecule has 0 radical (unpaired) electrons. The van der Waals surface area contributed by atoms with Crippen LogP contribution in [0, 0.1) is 0 Å². The van der Waals surface area contributed by atoms with E-state index in [9.17, 15) is 0 Å². The minimum Gasteiger partial charge on any atom is -0.481 e. The summed E-state index contributed by atoms with van der Waals surface area (Å²) in [6, 6.07) is 0. The molecule has 2 N–H and O–H groups in total. The molecule has 0 fully saturated rings. The van der Waals surface area contributed by atoms with E-state index in [1.54, 1.807) is 6.08 Å². The van der Waals surface area contributed by atoms with Gasteiger partial charge in [0.15, 0.2) is 0 Å². The highest BCUT2D eigenvalue weighted by Crippen LogP contribution is 1.92. The van der Waals surface area contributed by atoms with Crippen molar-refractivity contribution in [3.63, 3.8) is 0 Å². The first-order valence-electron chi connectivity index (χ1n) is 2.46. The first-order valence-corrected chi connectivity index (χ1v) is 2.46. The summed E-state index contributed by atoms with van der Waals surface area (Å²) < 4.78 is 0. The van der Waals surface area contributed by atoms with Crippen LogP contribution in [-0.2, 0) is 0 Å². The molecule has 0 heterocycles. The molecule has 0 aliphatic carbocycles. The Kier molecular flexibility index (Phi) is 3.76. The lowest BCUT2D eigenvalue weighted by Gasteiger charge is -1.84. The molecule has 0 bridgehead atoms. The molecule has 46 valence electrons. The molecule has 0 amide bonds. The third-order valence-corrected chi connectivity index (χ3v) is 0.698. The Morgan fingerprint density at radius 1 is 1.38 bits per heavy atom. The van der Waals surface area contributed by atoms with Crippen LogP contribution in [0.1, 0.15) is 12.8 Å². The van der Waals surface area contributed by atoms with Gasteiger partial charge in [0.2, 0.25) is 0 Å². The van der Waals surface area contributed by atoms with Crippen molar-refractivity contribution in [2.45, 2.75) is 12.8 Å². The predicted molar refractivity (Wildman–Crippen MR) is 32.8 cm³/mol. The van der Waals surface area contributed by atoms with Gasteiger partial charge in [-0.05, 0) is 18.9 Å². The van der Waals surface area contributed by atoms with Crippen LogP contribution in [0.5, 0.6) is 0 Å². The minimum atomic E-state index is -0.605. The van der Waals surface area contributed by atoms with Crippen LogP contribution < -0.4 is 0 Å². The highest BCUT2D eigenvalue weighted by atomic mass is 16.5. The second-order valence-corrected chi connectivity index (χ2v) is 1.43. The van der Waals surface area contributed by atoms with E-state index in [4.69, 9.17) is 10.2 Å². The zero-order chi connectivity index (χ0) is 6.41. The Balaban J connectivity index is 3.15. The van der Waals surface area contributed by atoms with Crippen molar-refractivity contribution in [3.05, 3.63) is 24.7 Å². The van der Waals surface area contributed by atoms with E-state index in [2.05, 4.69) is 6.58 Å². The number of unbranched alkanes of at least 4 members (excludes halogenated alkanes) is 1. The highest BCUT2D eigenvalue weighted by Gasteiger charge is 1.79. The van der Waals surface area contributed by atoms with Gasteiger partial charge in [-0.1, -0.05) is 6.08 Å². The first kappa shape index (κ1) is 7.08. The summed E-state index contributed by atoms with van der Waals surface area (Å²) in [4.78, 5) is 0.